The average Bonchev–Trinajstić information content (AvgIpc) is 2.86. The second-order valence-corrected chi connectivity index (χ2v) is 6.18. The molecule has 0 saturated heterocycles. The zero-order valence-corrected chi connectivity index (χ0v) is 12.1. The van der Waals surface area contributed by atoms with Gasteiger partial charge in [-0.2, -0.15) is 0 Å². The quantitative estimate of drug-likeness (QED) is 0.752. The molecular formula is C18H22O2. The Bertz CT molecular complexity index is 517. The summed E-state index contributed by atoms with van der Waals surface area (Å²) < 4.78 is 5.13. The molecule has 0 aromatic heterocycles. The van der Waals surface area contributed by atoms with Crippen LogP contribution < -0.4 is 0 Å². The van der Waals surface area contributed by atoms with Crippen molar-refractivity contribution in [2.75, 3.05) is 7.11 Å². The van der Waals surface area contributed by atoms with Crippen molar-refractivity contribution < 1.29 is 9.53 Å². The van der Waals surface area contributed by atoms with E-state index in [1.54, 1.807) is 0 Å². The van der Waals surface area contributed by atoms with Crippen LogP contribution in [-0.4, -0.2) is 13.1 Å². The maximum absolute atomic E-state index is 12.3. The predicted octanol–water partition coefficient (Wildman–Crippen LogP) is 4.21. The van der Waals surface area contributed by atoms with Gasteiger partial charge in [-0.1, -0.05) is 54.8 Å². The minimum absolute atomic E-state index is 0.0126. The van der Waals surface area contributed by atoms with Gasteiger partial charge in [0.1, 0.15) is 0 Å². The van der Waals surface area contributed by atoms with E-state index in [1.165, 1.54) is 31.1 Å². The van der Waals surface area contributed by atoms with Gasteiger partial charge >= 0.3 is 5.97 Å². The van der Waals surface area contributed by atoms with Crippen LogP contribution in [0.3, 0.4) is 0 Å². The largest absolute Gasteiger partial charge is 0.469 e. The fourth-order valence-corrected chi connectivity index (χ4v) is 4.07. The van der Waals surface area contributed by atoms with Crippen molar-refractivity contribution in [3.63, 3.8) is 0 Å². The van der Waals surface area contributed by atoms with E-state index in [-0.39, 0.29) is 11.4 Å². The molecule has 0 radical (unpaired) electrons. The minimum atomic E-state index is -0.229. The standard InChI is InChI=1S/C18H22O2/c1-20-17(19)18-10-6-5-9-16(18)12-15(13-18)11-14-7-3-2-4-8-14/h2-4,7-8,11,16H,5-6,9-10,12-13H2,1H3/b15-11-/t16-,18+/m1/s1. The number of allylic oxidation sites excluding steroid dienone is 1. The van der Waals surface area contributed by atoms with E-state index in [0.29, 0.717) is 5.92 Å². The molecule has 2 fully saturated rings. The van der Waals surface area contributed by atoms with E-state index >= 15 is 0 Å². The SMILES string of the molecule is COC(=O)[C@]12CCCC[C@@H]1C/C(=C/c1ccccc1)C2. The fourth-order valence-electron chi connectivity index (χ4n) is 4.07. The normalized spacial score (nSPS) is 31.1. The first-order chi connectivity index (χ1) is 9.74. The van der Waals surface area contributed by atoms with Crippen LogP contribution in [0.5, 0.6) is 0 Å². The first kappa shape index (κ1) is 13.4. The number of benzene rings is 1. The highest BCUT2D eigenvalue weighted by Crippen LogP contribution is 2.55. The summed E-state index contributed by atoms with van der Waals surface area (Å²) in [7, 11) is 1.53. The monoisotopic (exact) mass is 270 g/mol. The lowest BCUT2D eigenvalue weighted by atomic mass is 9.68. The Hall–Kier alpha value is -1.57. The number of esters is 1. The van der Waals surface area contributed by atoms with Gasteiger partial charge in [-0.3, -0.25) is 4.79 Å². The molecule has 2 nitrogen and oxygen atoms in total. The summed E-state index contributed by atoms with van der Waals surface area (Å²) in [5.41, 5.74) is 2.42. The Balaban J connectivity index is 1.88. The summed E-state index contributed by atoms with van der Waals surface area (Å²) in [5.74, 6) is 0.498. The number of hydrogen-bond donors (Lipinski definition) is 0. The topological polar surface area (TPSA) is 26.3 Å². The molecule has 2 heteroatoms. The Kier molecular flexibility index (Phi) is 3.64. The van der Waals surface area contributed by atoms with Crippen LogP contribution in [-0.2, 0) is 9.53 Å². The highest BCUT2D eigenvalue weighted by molar-refractivity contribution is 5.79. The van der Waals surface area contributed by atoms with E-state index in [2.05, 4.69) is 30.3 Å². The summed E-state index contributed by atoms with van der Waals surface area (Å²) in [5, 5.41) is 0. The summed E-state index contributed by atoms with van der Waals surface area (Å²) in [4.78, 5) is 12.3. The molecule has 3 rings (SSSR count). The highest BCUT2D eigenvalue weighted by Gasteiger charge is 2.52. The van der Waals surface area contributed by atoms with Crippen molar-refractivity contribution in [3.05, 3.63) is 41.5 Å². The Morgan fingerprint density at radius 2 is 2.10 bits per heavy atom. The van der Waals surface area contributed by atoms with Crippen LogP contribution in [0.2, 0.25) is 0 Å². The van der Waals surface area contributed by atoms with Crippen LogP contribution in [0.15, 0.2) is 35.9 Å². The highest BCUT2D eigenvalue weighted by atomic mass is 16.5. The number of rotatable bonds is 2. The summed E-state index contributed by atoms with van der Waals surface area (Å²) in [6.45, 7) is 0. The van der Waals surface area contributed by atoms with Gasteiger partial charge in [-0.25, -0.2) is 0 Å². The number of hydrogen-bond acceptors (Lipinski definition) is 2. The Labute approximate surface area is 120 Å². The average molecular weight is 270 g/mol. The lowest BCUT2D eigenvalue weighted by Gasteiger charge is -2.36. The van der Waals surface area contributed by atoms with Gasteiger partial charge in [-0.05, 0) is 37.2 Å². The lowest BCUT2D eigenvalue weighted by Crippen LogP contribution is -2.38. The van der Waals surface area contributed by atoms with Crippen molar-refractivity contribution in [1.82, 2.24) is 0 Å². The lowest BCUT2D eigenvalue weighted by molar-refractivity contribution is -0.157. The minimum Gasteiger partial charge on any atom is -0.469 e. The molecule has 2 atom stereocenters. The van der Waals surface area contributed by atoms with Crippen LogP contribution in [0.25, 0.3) is 6.08 Å². The first-order valence-corrected chi connectivity index (χ1v) is 7.57. The molecule has 2 aliphatic carbocycles. The maximum atomic E-state index is 12.3. The van der Waals surface area contributed by atoms with Crippen LogP contribution in [0, 0.1) is 11.3 Å². The van der Waals surface area contributed by atoms with Gasteiger partial charge in [0.15, 0.2) is 0 Å². The van der Waals surface area contributed by atoms with E-state index in [9.17, 15) is 4.79 Å². The molecule has 2 saturated carbocycles. The molecule has 0 bridgehead atoms. The van der Waals surface area contributed by atoms with Gasteiger partial charge in [0, 0.05) is 0 Å². The molecular weight excluding hydrogens is 248 g/mol. The molecule has 0 heterocycles. The van der Waals surface area contributed by atoms with Crippen LogP contribution >= 0.6 is 0 Å². The van der Waals surface area contributed by atoms with E-state index < -0.39 is 0 Å². The second kappa shape index (κ2) is 5.43. The number of ether oxygens (including phenoxy) is 1. The third kappa shape index (κ3) is 2.28. The molecule has 106 valence electrons. The Morgan fingerprint density at radius 1 is 1.30 bits per heavy atom. The molecule has 0 amide bonds. The predicted molar refractivity (Wildman–Crippen MR) is 80.1 cm³/mol. The van der Waals surface area contributed by atoms with Crippen LogP contribution in [0.1, 0.15) is 44.1 Å². The van der Waals surface area contributed by atoms with Crippen molar-refractivity contribution in [2.24, 2.45) is 11.3 Å². The third-order valence-corrected chi connectivity index (χ3v) is 5.02. The molecule has 0 N–H and O–H groups in total. The number of fused-ring (bicyclic) bond motifs is 1. The second-order valence-electron chi connectivity index (χ2n) is 6.18. The van der Waals surface area contributed by atoms with E-state index in [1.807, 2.05) is 6.07 Å². The summed E-state index contributed by atoms with van der Waals surface area (Å²) >= 11 is 0. The molecule has 2 aliphatic rings. The molecule has 0 unspecified atom stereocenters. The zero-order valence-electron chi connectivity index (χ0n) is 12.1. The van der Waals surface area contributed by atoms with Crippen LogP contribution in [0.4, 0.5) is 0 Å². The first-order valence-electron chi connectivity index (χ1n) is 7.57. The molecule has 0 aliphatic heterocycles. The van der Waals surface area contributed by atoms with E-state index in [0.717, 1.165) is 25.7 Å². The number of carbonyl (C=O) groups is 1. The molecule has 0 spiro atoms. The van der Waals surface area contributed by atoms with E-state index in [4.69, 9.17) is 4.74 Å². The molecule has 1 aromatic carbocycles. The fraction of sp³-hybridized carbons (Fsp3) is 0.500. The van der Waals surface area contributed by atoms with Gasteiger partial charge in [0.2, 0.25) is 0 Å². The Morgan fingerprint density at radius 3 is 2.85 bits per heavy atom. The van der Waals surface area contributed by atoms with Crippen molar-refractivity contribution in [3.8, 4) is 0 Å². The van der Waals surface area contributed by atoms with Crippen molar-refractivity contribution in [2.45, 2.75) is 38.5 Å². The molecule has 20 heavy (non-hydrogen) atoms. The number of methoxy groups -OCH3 is 1. The smallest absolute Gasteiger partial charge is 0.312 e. The maximum Gasteiger partial charge on any atom is 0.312 e. The van der Waals surface area contributed by atoms with Gasteiger partial charge in [0.25, 0.3) is 0 Å². The summed E-state index contributed by atoms with van der Waals surface area (Å²) in [6, 6.07) is 10.4. The van der Waals surface area contributed by atoms with Gasteiger partial charge in [-0.15, -0.1) is 0 Å². The van der Waals surface area contributed by atoms with Crippen molar-refractivity contribution >= 4 is 12.0 Å². The number of carbonyl (C=O) groups excluding carboxylic acids is 1. The summed E-state index contributed by atoms with van der Waals surface area (Å²) in [6.07, 6.45) is 8.79. The zero-order chi connectivity index (χ0) is 14.0. The third-order valence-electron chi connectivity index (χ3n) is 5.02. The van der Waals surface area contributed by atoms with Gasteiger partial charge < -0.3 is 4.74 Å². The van der Waals surface area contributed by atoms with Gasteiger partial charge in [0.05, 0.1) is 12.5 Å². The molecule has 1 aromatic rings. The van der Waals surface area contributed by atoms with Crippen molar-refractivity contribution in [1.29, 1.82) is 0 Å².